The zero-order chi connectivity index (χ0) is 17.9. The van der Waals surface area contributed by atoms with Gasteiger partial charge in [0.2, 0.25) is 0 Å². The minimum atomic E-state index is 0.651. The maximum absolute atomic E-state index is 5.74. The summed E-state index contributed by atoms with van der Waals surface area (Å²) in [6, 6.07) is 8.74. The lowest BCUT2D eigenvalue weighted by molar-refractivity contribution is 0.172. The van der Waals surface area contributed by atoms with E-state index >= 15 is 0 Å². The molecule has 0 aliphatic heterocycles. The van der Waals surface area contributed by atoms with Gasteiger partial charge in [0.25, 0.3) is 0 Å². The molecule has 1 fully saturated rings. The molecule has 140 valence electrons. The second kappa shape index (κ2) is 10.9. The number of rotatable bonds is 11. The number of ether oxygens (including phenoxy) is 2. The lowest BCUT2D eigenvalue weighted by Gasteiger charge is -2.20. The highest BCUT2D eigenvalue weighted by atomic mass is 16.5. The van der Waals surface area contributed by atoms with Crippen LogP contribution in [0.15, 0.2) is 29.3 Å². The second-order valence-corrected chi connectivity index (χ2v) is 6.21. The third-order valence-corrected chi connectivity index (χ3v) is 4.24. The van der Waals surface area contributed by atoms with Crippen LogP contribution in [0.3, 0.4) is 0 Å². The molecule has 0 aromatic heterocycles. The summed E-state index contributed by atoms with van der Waals surface area (Å²) in [7, 11) is 3.49. The Morgan fingerprint density at radius 2 is 2.16 bits per heavy atom. The van der Waals surface area contributed by atoms with Gasteiger partial charge in [-0.2, -0.15) is 0 Å². The summed E-state index contributed by atoms with van der Waals surface area (Å²) in [5.74, 6) is 1.63. The summed E-state index contributed by atoms with van der Waals surface area (Å²) in [5.41, 5.74) is 0.965. The largest absolute Gasteiger partial charge is 0.493 e. The smallest absolute Gasteiger partial charge is 0.195 e. The quantitative estimate of drug-likeness (QED) is 0.366. The fraction of sp³-hybridized carbons (Fsp3) is 0.632. The molecule has 0 spiro atoms. The predicted molar refractivity (Wildman–Crippen MR) is 104 cm³/mol. The Balaban J connectivity index is 1.76. The van der Waals surface area contributed by atoms with E-state index in [-0.39, 0.29) is 0 Å². The molecule has 1 aromatic carbocycles. The minimum Gasteiger partial charge on any atom is -0.493 e. The molecule has 6 nitrogen and oxygen atoms in total. The zero-order valence-corrected chi connectivity index (χ0v) is 15.8. The van der Waals surface area contributed by atoms with Gasteiger partial charge in [-0.3, -0.25) is 9.89 Å². The fourth-order valence-corrected chi connectivity index (χ4v) is 2.73. The monoisotopic (exact) mass is 348 g/mol. The van der Waals surface area contributed by atoms with E-state index in [9.17, 15) is 0 Å². The van der Waals surface area contributed by atoms with Crippen molar-refractivity contribution in [2.24, 2.45) is 4.99 Å². The molecule has 0 bridgehead atoms. The predicted octanol–water partition coefficient (Wildman–Crippen LogP) is 2.57. The van der Waals surface area contributed by atoms with Crippen molar-refractivity contribution in [3.05, 3.63) is 24.3 Å². The van der Waals surface area contributed by atoms with E-state index in [0.717, 1.165) is 49.5 Å². The standard InChI is InChI=1S/C19H32N4O2/c1-4-23(17-9-10-17)12-11-21-19(20-2)22-16-7-5-8-18(15-16)25-14-6-13-24-3/h5,7-8,15,17H,4,6,9-14H2,1-3H3,(H2,20,21,22). The molecular formula is C19H32N4O2. The normalized spacial score (nSPS) is 14.6. The summed E-state index contributed by atoms with van der Waals surface area (Å²) in [4.78, 5) is 6.82. The molecule has 0 atom stereocenters. The second-order valence-electron chi connectivity index (χ2n) is 6.21. The molecule has 0 saturated heterocycles. The first-order chi connectivity index (χ1) is 12.3. The highest BCUT2D eigenvalue weighted by Crippen LogP contribution is 2.25. The van der Waals surface area contributed by atoms with Gasteiger partial charge in [-0.25, -0.2) is 0 Å². The number of hydrogen-bond acceptors (Lipinski definition) is 4. The number of benzene rings is 1. The number of nitrogens with zero attached hydrogens (tertiary/aromatic N) is 2. The van der Waals surface area contributed by atoms with Gasteiger partial charge in [-0.05, 0) is 31.5 Å². The first-order valence-electron chi connectivity index (χ1n) is 9.20. The first-order valence-corrected chi connectivity index (χ1v) is 9.20. The molecule has 1 aromatic rings. The number of anilines is 1. The number of likely N-dealkylation sites (N-methyl/N-ethyl adjacent to an activating group) is 1. The highest BCUT2D eigenvalue weighted by Gasteiger charge is 2.27. The van der Waals surface area contributed by atoms with Crippen molar-refractivity contribution in [3.63, 3.8) is 0 Å². The maximum atomic E-state index is 5.74. The van der Waals surface area contributed by atoms with Gasteiger partial charge in [0, 0.05) is 58.1 Å². The molecular weight excluding hydrogens is 316 g/mol. The van der Waals surface area contributed by atoms with Crippen molar-refractivity contribution in [2.75, 3.05) is 52.3 Å². The molecule has 0 radical (unpaired) electrons. The first kappa shape index (κ1) is 19.5. The molecule has 25 heavy (non-hydrogen) atoms. The zero-order valence-electron chi connectivity index (χ0n) is 15.8. The van der Waals surface area contributed by atoms with Crippen molar-refractivity contribution in [3.8, 4) is 5.75 Å². The van der Waals surface area contributed by atoms with Crippen molar-refractivity contribution in [1.29, 1.82) is 0 Å². The molecule has 2 N–H and O–H groups in total. The number of nitrogens with one attached hydrogen (secondary N) is 2. The Bertz CT molecular complexity index is 532. The van der Waals surface area contributed by atoms with Crippen LogP contribution in [-0.2, 0) is 4.74 Å². The van der Waals surface area contributed by atoms with Crippen LogP contribution in [0.25, 0.3) is 0 Å². The van der Waals surface area contributed by atoms with Crippen molar-refractivity contribution >= 4 is 11.6 Å². The van der Waals surface area contributed by atoms with Crippen molar-refractivity contribution < 1.29 is 9.47 Å². The third kappa shape index (κ3) is 7.32. The SMILES string of the molecule is CCN(CCNC(=NC)Nc1cccc(OCCCOC)c1)C1CC1. The number of methoxy groups -OCH3 is 1. The maximum Gasteiger partial charge on any atom is 0.195 e. The van der Waals surface area contributed by atoms with Crippen LogP contribution in [0.4, 0.5) is 5.69 Å². The van der Waals surface area contributed by atoms with Crippen molar-refractivity contribution in [1.82, 2.24) is 10.2 Å². The van der Waals surface area contributed by atoms with Gasteiger partial charge in [-0.15, -0.1) is 0 Å². The van der Waals surface area contributed by atoms with Gasteiger partial charge in [0.1, 0.15) is 5.75 Å². The van der Waals surface area contributed by atoms with Crippen LogP contribution in [0.5, 0.6) is 5.75 Å². The number of aliphatic imine (C=N–C) groups is 1. The van der Waals surface area contributed by atoms with E-state index in [1.165, 1.54) is 12.8 Å². The van der Waals surface area contributed by atoms with E-state index in [1.807, 2.05) is 24.3 Å². The van der Waals surface area contributed by atoms with E-state index in [2.05, 4.69) is 27.4 Å². The van der Waals surface area contributed by atoms with Crippen LogP contribution in [0.1, 0.15) is 26.2 Å². The van der Waals surface area contributed by atoms with Gasteiger partial charge >= 0.3 is 0 Å². The van der Waals surface area contributed by atoms with Gasteiger partial charge in [0.15, 0.2) is 5.96 Å². The Morgan fingerprint density at radius 1 is 1.32 bits per heavy atom. The number of guanidine groups is 1. The van der Waals surface area contributed by atoms with E-state index in [0.29, 0.717) is 13.2 Å². The lowest BCUT2D eigenvalue weighted by Crippen LogP contribution is -2.38. The van der Waals surface area contributed by atoms with E-state index in [1.54, 1.807) is 14.2 Å². The number of hydrogen-bond donors (Lipinski definition) is 2. The van der Waals surface area contributed by atoms with Gasteiger partial charge in [-0.1, -0.05) is 13.0 Å². The average Bonchev–Trinajstić information content (AvgIpc) is 3.47. The lowest BCUT2D eigenvalue weighted by atomic mass is 10.3. The average molecular weight is 348 g/mol. The Morgan fingerprint density at radius 3 is 2.84 bits per heavy atom. The van der Waals surface area contributed by atoms with Crippen molar-refractivity contribution in [2.45, 2.75) is 32.2 Å². The Kier molecular flexibility index (Phi) is 8.55. The molecule has 0 unspecified atom stereocenters. The Hall–Kier alpha value is -1.79. The van der Waals surface area contributed by atoms with Gasteiger partial charge < -0.3 is 20.1 Å². The van der Waals surface area contributed by atoms with Crippen LogP contribution >= 0.6 is 0 Å². The summed E-state index contributed by atoms with van der Waals surface area (Å²) in [6.07, 6.45) is 3.57. The Labute approximate surface area is 151 Å². The highest BCUT2D eigenvalue weighted by molar-refractivity contribution is 5.93. The summed E-state index contributed by atoms with van der Waals surface area (Å²) in [6.45, 7) is 6.63. The summed E-state index contributed by atoms with van der Waals surface area (Å²) < 4.78 is 10.8. The topological polar surface area (TPSA) is 58.1 Å². The van der Waals surface area contributed by atoms with E-state index in [4.69, 9.17) is 9.47 Å². The van der Waals surface area contributed by atoms with Crippen LogP contribution < -0.4 is 15.4 Å². The summed E-state index contributed by atoms with van der Waals surface area (Å²) >= 11 is 0. The molecule has 1 aliphatic rings. The summed E-state index contributed by atoms with van der Waals surface area (Å²) in [5, 5.41) is 6.71. The molecule has 0 heterocycles. The van der Waals surface area contributed by atoms with Crippen LogP contribution in [0, 0.1) is 0 Å². The molecule has 6 heteroatoms. The molecule has 0 amide bonds. The third-order valence-electron chi connectivity index (χ3n) is 4.24. The molecule has 1 saturated carbocycles. The van der Waals surface area contributed by atoms with Crippen LogP contribution in [-0.4, -0.2) is 63.9 Å². The minimum absolute atomic E-state index is 0.651. The van der Waals surface area contributed by atoms with E-state index < -0.39 is 0 Å². The molecule has 1 aliphatic carbocycles. The molecule has 2 rings (SSSR count). The van der Waals surface area contributed by atoms with Crippen LogP contribution in [0.2, 0.25) is 0 Å². The van der Waals surface area contributed by atoms with Gasteiger partial charge in [0.05, 0.1) is 6.61 Å². The fourth-order valence-electron chi connectivity index (χ4n) is 2.73.